The molecule has 57 valence electrons. The van der Waals surface area contributed by atoms with Crippen LogP contribution in [0.1, 0.15) is 12.5 Å². The molecule has 0 unspecified atom stereocenters. The molecule has 0 aliphatic carbocycles. The van der Waals surface area contributed by atoms with E-state index < -0.39 is 0 Å². The summed E-state index contributed by atoms with van der Waals surface area (Å²) in [6.45, 7) is 7.46. The fourth-order valence-corrected chi connectivity index (χ4v) is 0.854. The van der Waals surface area contributed by atoms with Crippen molar-refractivity contribution in [3.63, 3.8) is 0 Å². The van der Waals surface area contributed by atoms with E-state index in [2.05, 4.69) is 0 Å². The van der Waals surface area contributed by atoms with Gasteiger partial charge < -0.3 is 4.74 Å². The monoisotopic (exact) mass is 147 g/mol. The summed E-state index contributed by atoms with van der Waals surface area (Å²) in [5, 5.41) is 0. The van der Waals surface area contributed by atoms with Gasteiger partial charge in [-0.05, 0) is 30.2 Å². The molecule has 0 atom stereocenters. The zero-order chi connectivity index (χ0) is 8.27. The van der Waals surface area contributed by atoms with E-state index in [0.717, 1.165) is 16.9 Å². The topological polar surface area (TPSA) is 9.23 Å². The molecule has 11 heavy (non-hydrogen) atoms. The average molecular weight is 147 g/mol. The zero-order valence-corrected chi connectivity index (χ0v) is 6.79. The maximum Gasteiger partial charge on any atom is 0.118 e. The van der Waals surface area contributed by atoms with Crippen molar-refractivity contribution in [1.29, 1.82) is 0 Å². The van der Waals surface area contributed by atoms with Crippen molar-refractivity contribution >= 4 is 5.57 Å². The molecule has 1 radical (unpaired) electrons. The largest absolute Gasteiger partial charge is 0.497 e. The molecule has 0 amide bonds. The lowest BCUT2D eigenvalue weighted by Gasteiger charge is -2.01. The van der Waals surface area contributed by atoms with Gasteiger partial charge in [0.25, 0.3) is 0 Å². The molecule has 0 saturated carbocycles. The fraction of sp³-hybridized carbons (Fsp3) is 0.200. The minimum absolute atomic E-state index is 0.827. The van der Waals surface area contributed by atoms with Crippen LogP contribution in [-0.4, -0.2) is 7.11 Å². The van der Waals surface area contributed by atoms with Crippen molar-refractivity contribution < 1.29 is 4.74 Å². The third kappa shape index (κ3) is 1.84. The average Bonchev–Trinajstić information content (AvgIpc) is 2.05. The van der Waals surface area contributed by atoms with Gasteiger partial charge in [0.2, 0.25) is 0 Å². The van der Waals surface area contributed by atoms with Crippen molar-refractivity contribution in [2.45, 2.75) is 6.92 Å². The Kier molecular flexibility index (Phi) is 2.32. The van der Waals surface area contributed by atoms with E-state index in [0.29, 0.717) is 0 Å². The highest BCUT2D eigenvalue weighted by Crippen LogP contribution is 2.15. The van der Waals surface area contributed by atoms with Gasteiger partial charge in [-0.2, -0.15) is 0 Å². The van der Waals surface area contributed by atoms with Crippen LogP contribution in [0.5, 0.6) is 5.75 Å². The van der Waals surface area contributed by atoms with Gasteiger partial charge in [0.05, 0.1) is 7.11 Å². The highest BCUT2D eigenvalue weighted by molar-refractivity contribution is 5.60. The number of hydrogen-bond donors (Lipinski definition) is 0. The molecular formula is C10H11O. The van der Waals surface area contributed by atoms with Crippen LogP contribution in [0.3, 0.4) is 0 Å². The highest BCUT2D eigenvalue weighted by Gasteiger charge is 1.92. The van der Waals surface area contributed by atoms with E-state index in [-0.39, 0.29) is 0 Å². The smallest absolute Gasteiger partial charge is 0.118 e. The molecule has 0 bridgehead atoms. The first-order chi connectivity index (χ1) is 5.24. The van der Waals surface area contributed by atoms with E-state index in [1.807, 2.05) is 31.2 Å². The van der Waals surface area contributed by atoms with E-state index in [9.17, 15) is 0 Å². The first-order valence-electron chi connectivity index (χ1n) is 3.47. The molecule has 1 heteroatoms. The maximum absolute atomic E-state index is 5.58. The van der Waals surface area contributed by atoms with E-state index >= 15 is 0 Å². The molecule has 1 rings (SSSR count). The molecular weight excluding hydrogens is 136 g/mol. The minimum atomic E-state index is 0.827. The molecule has 0 spiro atoms. The van der Waals surface area contributed by atoms with Gasteiger partial charge >= 0.3 is 0 Å². The molecule has 1 nitrogen and oxygen atoms in total. The van der Waals surface area contributed by atoms with E-state index in [1.165, 1.54) is 0 Å². The lowest BCUT2D eigenvalue weighted by Crippen LogP contribution is -1.82. The van der Waals surface area contributed by atoms with Crippen LogP contribution < -0.4 is 4.74 Å². The van der Waals surface area contributed by atoms with Crippen molar-refractivity contribution in [2.24, 2.45) is 0 Å². The van der Waals surface area contributed by atoms with Gasteiger partial charge in [0, 0.05) is 0 Å². The van der Waals surface area contributed by atoms with Crippen molar-refractivity contribution in [3.05, 3.63) is 36.4 Å². The first kappa shape index (κ1) is 7.86. The molecule has 0 aliphatic rings. The predicted molar refractivity (Wildman–Crippen MR) is 46.4 cm³/mol. The summed E-state index contributed by atoms with van der Waals surface area (Å²) in [7, 11) is 1.65. The quantitative estimate of drug-likeness (QED) is 0.624. The van der Waals surface area contributed by atoms with Gasteiger partial charge in [0.1, 0.15) is 5.75 Å². The summed E-state index contributed by atoms with van der Waals surface area (Å²) in [6.07, 6.45) is 0. The number of rotatable bonds is 2. The molecule has 0 N–H and O–H groups in total. The standard InChI is InChI=1S/C10H11O/c1-8(2)9-4-6-10(11-3)7-5-9/h1,4-7H,2-3H3. The third-order valence-electron chi connectivity index (χ3n) is 1.55. The molecule has 0 saturated heterocycles. The number of methoxy groups -OCH3 is 1. The zero-order valence-electron chi connectivity index (χ0n) is 6.79. The second kappa shape index (κ2) is 3.24. The van der Waals surface area contributed by atoms with Crippen LogP contribution in [-0.2, 0) is 0 Å². The normalized spacial score (nSPS) is 9.27. The molecule has 0 aromatic heterocycles. The van der Waals surface area contributed by atoms with Crippen LogP contribution in [0.4, 0.5) is 0 Å². The van der Waals surface area contributed by atoms with Crippen LogP contribution >= 0.6 is 0 Å². The van der Waals surface area contributed by atoms with Gasteiger partial charge in [-0.3, -0.25) is 0 Å². The molecule has 1 aromatic rings. The van der Waals surface area contributed by atoms with Gasteiger partial charge in [-0.15, -0.1) is 0 Å². The number of allylic oxidation sites excluding steroid dienone is 1. The fourth-order valence-electron chi connectivity index (χ4n) is 0.854. The Morgan fingerprint density at radius 1 is 1.27 bits per heavy atom. The first-order valence-corrected chi connectivity index (χ1v) is 3.47. The Morgan fingerprint density at radius 3 is 2.18 bits per heavy atom. The maximum atomic E-state index is 5.58. The van der Waals surface area contributed by atoms with Crippen LogP contribution in [0.25, 0.3) is 5.57 Å². The number of hydrogen-bond acceptors (Lipinski definition) is 1. The molecule has 0 aliphatic heterocycles. The Hall–Kier alpha value is -1.24. The number of ether oxygens (including phenoxy) is 1. The lowest BCUT2D eigenvalue weighted by atomic mass is 10.1. The van der Waals surface area contributed by atoms with Crippen LogP contribution in [0.15, 0.2) is 24.3 Å². The van der Waals surface area contributed by atoms with Crippen molar-refractivity contribution in [2.75, 3.05) is 7.11 Å². The lowest BCUT2D eigenvalue weighted by molar-refractivity contribution is 0.415. The molecule has 0 heterocycles. The van der Waals surface area contributed by atoms with Gasteiger partial charge in [0.15, 0.2) is 0 Å². The Balaban J connectivity index is 2.91. The molecule has 1 aromatic carbocycles. The van der Waals surface area contributed by atoms with Gasteiger partial charge in [-0.25, -0.2) is 0 Å². The van der Waals surface area contributed by atoms with Gasteiger partial charge in [-0.1, -0.05) is 18.7 Å². The Bertz CT molecular complexity index is 246. The van der Waals surface area contributed by atoms with E-state index in [1.54, 1.807) is 7.11 Å². The number of benzene rings is 1. The minimum Gasteiger partial charge on any atom is -0.497 e. The second-order valence-corrected chi connectivity index (χ2v) is 2.41. The predicted octanol–water partition coefficient (Wildman–Crippen LogP) is 2.53. The van der Waals surface area contributed by atoms with Crippen LogP contribution in [0.2, 0.25) is 0 Å². The summed E-state index contributed by atoms with van der Waals surface area (Å²) in [4.78, 5) is 0. The Morgan fingerprint density at radius 2 is 1.82 bits per heavy atom. The summed E-state index contributed by atoms with van der Waals surface area (Å²) >= 11 is 0. The van der Waals surface area contributed by atoms with Crippen molar-refractivity contribution in [1.82, 2.24) is 0 Å². The van der Waals surface area contributed by atoms with E-state index in [4.69, 9.17) is 11.3 Å². The third-order valence-corrected chi connectivity index (χ3v) is 1.55. The SMILES string of the molecule is [CH]=C(C)c1ccc(OC)cc1. The van der Waals surface area contributed by atoms with Crippen molar-refractivity contribution in [3.8, 4) is 5.75 Å². The summed E-state index contributed by atoms with van der Waals surface area (Å²) in [6, 6.07) is 7.67. The summed E-state index contributed by atoms with van der Waals surface area (Å²) < 4.78 is 5.00. The molecule has 0 fully saturated rings. The second-order valence-electron chi connectivity index (χ2n) is 2.41. The Labute approximate surface area is 67.3 Å². The summed E-state index contributed by atoms with van der Waals surface area (Å²) in [5.74, 6) is 0.856. The summed E-state index contributed by atoms with van der Waals surface area (Å²) in [5.41, 5.74) is 1.87. The highest BCUT2D eigenvalue weighted by atomic mass is 16.5. The van der Waals surface area contributed by atoms with Crippen LogP contribution in [0, 0.1) is 6.58 Å².